The fourth-order valence-corrected chi connectivity index (χ4v) is 2.21. The van der Waals surface area contributed by atoms with Crippen LogP contribution in [0.1, 0.15) is 12.8 Å². The molecular formula is C13H17F3N2O2S. The minimum Gasteiger partial charge on any atom is -0.385 e. The van der Waals surface area contributed by atoms with Gasteiger partial charge in [-0.1, -0.05) is 12.1 Å². The number of nitrogens with two attached hydrogens (primary N) is 1. The third kappa shape index (κ3) is 6.83. The lowest BCUT2D eigenvalue weighted by Gasteiger charge is -2.15. The number of halogens is 3. The average molecular weight is 322 g/mol. The molecule has 0 aliphatic carbocycles. The first-order chi connectivity index (χ1) is 9.83. The van der Waals surface area contributed by atoms with Gasteiger partial charge in [0.1, 0.15) is 0 Å². The predicted molar refractivity (Wildman–Crippen MR) is 76.1 cm³/mol. The Morgan fingerprint density at radius 1 is 1.43 bits per heavy atom. The Balaban J connectivity index is 2.67. The molecule has 0 spiro atoms. The molecule has 1 aromatic carbocycles. The largest absolute Gasteiger partial charge is 0.446 e. The average Bonchev–Trinajstić information content (AvgIpc) is 2.39. The predicted octanol–water partition coefficient (Wildman–Crippen LogP) is 2.99. The number of amides is 1. The zero-order valence-electron chi connectivity index (χ0n) is 11.4. The molecule has 1 rings (SSSR count). The monoisotopic (exact) mass is 322 g/mol. The van der Waals surface area contributed by atoms with E-state index in [4.69, 9.17) is 10.5 Å². The molecule has 21 heavy (non-hydrogen) atoms. The molecule has 3 N–H and O–H groups in total. The molecule has 118 valence electrons. The van der Waals surface area contributed by atoms with Crippen LogP contribution in [0.3, 0.4) is 0 Å². The second kappa shape index (κ2) is 8.26. The van der Waals surface area contributed by atoms with Crippen LogP contribution < -0.4 is 11.1 Å². The molecule has 1 atom stereocenters. The van der Waals surface area contributed by atoms with Crippen molar-refractivity contribution in [3.05, 3.63) is 24.3 Å². The Morgan fingerprint density at radius 2 is 2.10 bits per heavy atom. The third-order valence-electron chi connectivity index (χ3n) is 2.57. The van der Waals surface area contributed by atoms with Crippen molar-refractivity contribution in [2.45, 2.75) is 29.3 Å². The van der Waals surface area contributed by atoms with Crippen molar-refractivity contribution >= 4 is 23.4 Å². The summed E-state index contributed by atoms with van der Waals surface area (Å²) in [6.45, 7) is 0.474. The van der Waals surface area contributed by atoms with Crippen LogP contribution in [0.25, 0.3) is 0 Å². The number of benzene rings is 1. The Bertz CT molecular complexity index is 469. The Morgan fingerprint density at radius 3 is 2.71 bits per heavy atom. The van der Waals surface area contributed by atoms with Crippen molar-refractivity contribution in [3.8, 4) is 0 Å². The number of thioether (sulfide) groups is 1. The maximum Gasteiger partial charge on any atom is 0.446 e. The van der Waals surface area contributed by atoms with Gasteiger partial charge >= 0.3 is 5.51 Å². The minimum absolute atomic E-state index is 0.0672. The van der Waals surface area contributed by atoms with Crippen molar-refractivity contribution in [3.63, 3.8) is 0 Å². The number of alkyl halides is 3. The third-order valence-corrected chi connectivity index (χ3v) is 3.38. The molecule has 0 saturated carbocycles. The summed E-state index contributed by atoms with van der Waals surface area (Å²) in [5, 5.41) is 2.43. The van der Waals surface area contributed by atoms with E-state index in [2.05, 4.69) is 5.32 Å². The Labute approximate surface area is 125 Å². The lowest BCUT2D eigenvalue weighted by molar-refractivity contribution is -0.117. The fourth-order valence-electron chi connectivity index (χ4n) is 1.59. The molecule has 1 aromatic rings. The zero-order chi connectivity index (χ0) is 15.9. The molecule has 0 fully saturated rings. The highest BCUT2D eigenvalue weighted by Gasteiger charge is 2.30. The number of hydrogen-bond donors (Lipinski definition) is 2. The minimum atomic E-state index is -4.42. The van der Waals surface area contributed by atoms with Crippen LogP contribution in [0.2, 0.25) is 0 Å². The summed E-state index contributed by atoms with van der Waals surface area (Å²) in [6, 6.07) is 4.94. The van der Waals surface area contributed by atoms with Gasteiger partial charge in [-0.25, -0.2) is 0 Å². The van der Waals surface area contributed by atoms with Gasteiger partial charge in [0.05, 0.1) is 11.7 Å². The molecule has 0 aliphatic heterocycles. The number of rotatable bonds is 7. The number of methoxy groups -OCH3 is 1. The van der Waals surface area contributed by atoms with Crippen LogP contribution in [-0.2, 0) is 9.53 Å². The van der Waals surface area contributed by atoms with E-state index in [1.165, 1.54) is 25.3 Å². The summed E-state index contributed by atoms with van der Waals surface area (Å²) in [5.41, 5.74) is 1.37. The van der Waals surface area contributed by atoms with Gasteiger partial charge in [0, 0.05) is 18.6 Å². The molecular weight excluding hydrogens is 305 g/mol. The quantitative estimate of drug-likeness (QED) is 0.598. The van der Waals surface area contributed by atoms with E-state index in [0.717, 1.165) is 0 Å². The summed E-state index contributed by atoms with van der Waals surface area (Å²) >= 11 is -0.273. The van der Waals surface area contributed by atoms with E-state index >= 15 is 0 Å². The van der Waals surface area contributed by atoms with E-state index in [1.807, 2.05) is 0 Å². The lowest BCUT2D eigenvalue weighted by atomic mass is 10.1. The second-order valence-corrected chi connectivity index (χ2v) is 5.38. The molecule has 0 bridgehead atoms. The molecule has 1 unspecified atom stereocenters. The Kier molecular flexibility index (Phi) is 7.00. The van der Waals surface area contributed by atoms with Crippen molar-refractivity contribution < 1.29 is 22.7 Å². The summed E-state index contributed by atoms with van der Waals surface area (Å²) in [5.74, 6) is -0.513. The Hall–Kier alpha value is -1.25. The van der Waals surface area contributed by atoms with E-state index in [-0.39, 0.29) is 22.3 Å². The van der Waals surface area contributed by atoms with Crippen LogP contribution in [0, 0.1) is 0 Å². The topological polar surface area (TPSA) is 64.3 Å². The van der Waals surface area contributed by atoms with E-state index in [0.29, 0.717) is 19.4 Å². The summed E-state index contributed by atoms with van der Waals surface area (Å²) in [4.78, 5) is 11.8. The first kappa shape index (κ1) is 17.8. The fraction of sp³-hybridized carbons (Fsp3) is 0.462. The molecule has 4 nitrogen and oxygen atoms in total. The summed E-state index contributed by atoms with van der Waals surface area (Å²) in [6.07, 6.45) is 0.998. The molecule has 0 aliphatic rings. The smallest absolute Gasteiger partial charge is 0.385 e. The van der Waals surface area contributed by atoms with Crippen molar-refractivity contribution in [2.75, 3.05) is 19.0 Å². The van der Waals surface area contributed by atoms with Gasteiger partial charge in [-0.15, -0.1) is 0 Å². The first-order valence-corrected chi connectivity index (χ1v) is 7.05. The molecule has 8 heteroatoms. The van der Waals surface area contributed by atoms with Crippen LogP contribution in [0.4, 0.5) is 18.9 Å². The lowest BCUT2D eigenvalue weighted by Crippen LogP contribution is -2.35. The molecule has 0 heterocycles. The summed E-state index contributed by atoms with van der Waals surface area (Å²) < 4.78 is 42.2. The van der Waals surface area contributed by atoms with Gasteiger partial charge in [0.15, 0.2) is 0 Å². The summed E-state index contributed by atoms with van der Waals surface area (Å²) in [7, 11) is 1.54. The first-order valence-electron chi connectivity index (χ1n) is 6.23. The molecule has 0 radical (unpaired) electrons. The van der Waals surface area contributed by atoms with Gasteiger partial charge in [-0.2, -0.15) is 13.2 Å². The standard InChI is InChI=1S/C13H17F3N2O2S/c1-20-8-4-5-9(17)12(19)18-10-6-2-3-7-11(10)21-13(14,15)16/h2-3,6-7,9H,4-5,8,17H2,1H3,(H,18,19). The van der Waals surface area contributed by atoms with E-state index < -0.39 is 17.5 Å². The SMILES string of the molecule is COCCCC(N)C(=O)Nc1ccccc1SC(F)(F)F. The molecule has 1 amide bonds. The van der Waals surface area contributed by atoms with Gasteiger partial charge in [0.2, 0.25) is 5.91 Å². The van der Waals surface area contributed by atoms with Crippen molar-refractivity contribution in [1.29, 1.82) is 0 Å². The van der Waals surface area contributed by atoms with Crippen LogP contribution >= 0.6 is 11.8 Å². The maximum atomic E-state index is 12.4. The maximum absolute atomic E-state index is 12.4. The second-order valence-electron chi connectivity index (χ2n) is 4.27. The van der Waals surface area contributed by atoms with Crippen LogP contribution in [0.5, 0.6) is 0 Å². The highest BCUT2D eigenvalue weighted by molar-refractivity contribution is 8.00. The van der Waals surface area contributed by atoms with Gasteiger partial charge in [-0.05, 0) is 36.7 Å². The van der Waals surface area contributed by atoms with Crippen molar-refractivity contribution in [2.24, 2.45) is 5.73 Å². The van der Waals surface area contributed by atoms with Crippen LogP contribution in [0.15, 0.2) is 29.2 Å². The van der Waals surface area contributed by atoms with Gasteiger partial charge in [0.25, 0.3) is 0 Å². The van der Waals surface area contributed by atoms with Gasteiger partial charge in [-0.3, -0.25) is 4.79 Å². The number of carbonyl (C=O) groups is 1. The number of ether oxygens (including phenoxy) is 1. The number of anilines is 1. The number of para-hydroxylation sites is 1. The van der Waals surface area contributed by atoms with Gasteiger partial charge < -0.3 is 15.8 Å². The molecule has 0 aromatic heterocycles. The molecule has 0 saturated heterocycles. The highest BCUT2D eigenvalue weighted by Crippen LogP contribution is 2.40. The van der Waals surface area contributed by atoms with Crippen molar-refractivity contribution in [1.82, 2.24) is 0 Å². The normalized spacial score (nSPS) is 13.0. The van der Waals surface area contributed by atoms with E-state index in [9.17, 15) is 18.0 Å². The zero-order valence-corrected chi connectivity index (χ0v) is 12.3. The number of carbonyl (C=O) groups excluding carboxylic acids is 1. The highest BCUT2D eigenvalue weighted by atomic mass is 32.2. The van der Waals surface area contributed by atoms with E-state index in [1.54, 1.807) is 6.07 Å². The van der Waals surface area contributed by atoms with Crippen LogP contribution in [-0.4, -0.2) is 31.2 Å². The number of hydrogen-bond acceptors (Lipinski definition) is 4. The number of nitrogens with one attached hydrogen (secondary N) is 1.